The van der Waals surface area contributed by atoms with Crippen LogP contribution in [-0.4, -0.2) is 16.3 Å². The first-order chi connectivity index (χ1) is 14.5. The van der Waals surface area contributed by atoms with E-state index < -0.39 is 5.56 Å². The fraction of sp³-hybridized carbons (Fsp3) is 0.130. The Hall–Kier alpha value is -3.69. The van der Waals surface area contributed by atoms with Crippen molar-refractivity contribution in [3.05, 3.63) is 92.4 Å². The molecule has 0 spiro atoms. The van der Waals surface area contributed by atoms with Crippen molar-refractivity contribution >= 4 is 29.0 Å². The lowest BCUT2D eigenvalue weighted by molar-refractivity contribution is 0.0969. The molecule has 148 valence electrons. The Labute approximate surface area is 177 Å². The van der Waals surface area contributed by atoms with Gasteiger partial charge in [0.2, 0.25) is 0 Å². The number of pyridine rings is 1. The van der Waals surface area contributed by atoms with E-state index in [0.29, 0.717) is 52.5 Å². The lowest BCUT2D eigenvalue weighted by atomic mass is 9.93. The molecular formula is C23H16ClN3O3. The lowest BCUT2D eigenvalue weighted by Crippen LogP contribution is -2.29. The normalized spacial score (nSPS) is 12.7. The van der Waals surface area contributed by atoms with Gasteiger partial charge in [0.1, 0.15) is 11.6 Å². The summed E-state index contributed by atoms with van der Waals surface area (Å²) < 4.78 is 1.41. The molecular weight excluding hydrogens is 402 g/mol. The summed E-state index contributed by atoms with van der Waals surface area (Å²) in [6.07, 6.45) is 1.62. The quantitative estimate of drug-likeness (QED) is 0.693. The standard InChI is InChI=1S/C23H16ClN3O3/c24-16-3-1-4-17(12-16)26-22(29)14-7-9-18(10-8-14)27-20-5-2-6-21(28)19(20)11-15(13-25)23(27)30/h1,3-4,7-12H,2,5-6H2,(H,26,29). The summed E-state index contributed by atoms with van der Waals surface area (Å²) in [4.78, 5) is 37.6. The van der Waals surface area contributed by atoms with Crippen molar-refractivity contribution in [1.82, 2.24) is 4.57 Å². The molecule has 6 nitrogen and oxygen atoms in total. The number of fused-ring (bicyclic) bond motifs is 1. The van der Waals surface area contributed by atoms with Gasteiger partial charge in [-0.2, -0.15) is 5.26 Å². The van der Waals surface area contributed by atoms with Crippen LogP contribution in [0.25, 0.3) is 5.69 Å². The van der Waals surface area contributed by atoms with E-state index in [9.17, 15) is 19.6 Å². The molecule has 0 saturated carbocycles. The third kappa shape index (κ3) is 3.63. The van der Waals surface area contributed by atoms with Gasteiger partial charge in [-0.05, 0) is 61.4 Å². The van der Waals surface area contributed by atoms with E-state index in [1.807, 2.05) is 6.07 Å². The van der Waals surface area contributed by atoms with Crippen molar-refractivity contribution in [2.24, 2.45) is 0 Å². The van der Waals surface area contributed by atoms with E-state index in [4.69, 9.17) is 11.6 Å². The summed E-state index contributed by atoms with van der Waals surface area (Å²) in [5.41, 5.74) is 1.94. The van der Waals surface area contributed by atoms with Crippen LogP contribution in [0.1, 0.15) is 44.8 Å². The highest BCUT2D eigenvalue weighted by Gasteiger charge is 2.24. The fourth-order valence-corrected chi connectivity index (χ4v) is 3.77. The highest BCUT2D eigenvalue weighted by Crippen LogP contribution is 2.24. The van der Waals surface area contributed by atoms with Crippen LogP contribution in [0.15, 0.2) is 59.4 Å². The fourth-order valence-electron chi connectivity index (χ4n) is 3.58. The third-order valence-corrected chi connectivity index (χ3v) is 5.25. The molecule has 0 radical (unpaired) electrons. The smallest absolute Gasteiger partial charge is 0.273 e. The number of carbonyl (C=O) groups is 2. The summed E-state index contributed by atoms with van der Waals surface area (Å²) in [5.74, 6) is -0.391. The summed E-state index contributed by atoms with van der Waals surface area (Å²) in [6, 6.07) is 16.5. The second-order valence-electron chi connectivity index (χ2n) is 6.96. The van der Waals surface area contributed by atoms with Crippen LogP contribution in [0.2, 0.25) is 5.02 Å². The van der Waals surface area contributed by atoms with E-state index in [1.165, 1.54) is 10.6 Å². The number of nitriles is 1. The predicted octanol–water partition coefficient (Wildman–Crippen LogP) is 4.13. The Morgan fingerprint density at radius 1 is 1.07 bits per heavy atom. The van der Waals surface area contributed by atoms with Crippen LogP contribution >= 0.6 is 11.6 Å². The summed E-state index contributed by atoms with van der Waals surface area (Å²) in [7, 11) is 0. The number of Topliss-reactive ketones (excluding diaryl/α,β-unsaturated/α-hetero) is 1. The number of aromatic nitrogens is 1. The molecule has 4 rings (SSSR count). The minimum absolute atomic E-state index is 0.0704. The number of rotatable bonds is 3. The van der Waals surface area contributed by atoms with Crippen LogP contribution in [0.3, 0.4) is 0 Å². The summed E-state index contributed by atoms with van der Waals surface area (Å²) in [6.45, 7) is 0. The van der Waals surface area contributed by atoms with Crippen LogP contribution in [0.4, 0.5) is 5.69 Å². The second kappa shape index (κ2) is 7.97. The molecule has 0 fully saturated rings. The zero-order valence-electron chi connectivity index (χ0n) is 15.8. The molecule has 1 aliphatic rings. The Morgan fingerprint density at radius 3 is 2.53 bits per heavy atom. The first kappa shape index (κ1) is 19.6. The van der Waals surface area contributed by atoms with Crippen molar-refractivity contribution in [3.8, 4) is 11.8 Å². The number of anilines is 1. The second-order valence-corrected chi connectivity index (χ2v) is 7.40. The van der Waals surface area contributed by atoms with Crippen molar-refractivity contribution in [1.29, 1.82) is 5.26 Å². The number of nitrogens with one attached hydrogen (secondary N) is 1. The summed E-state index contributed by atoms with van der Waals surface area (Å²) in [5, 5.41) is 12.6. The largest absolute Gasteiger partial charge is 0.322 e. The Kier molecular flexibility index (Phi) is 5.21. The molecule has 30 heavy (non-hydrogen) atoms. The Bertz CT molecular complexity index is 1270. The topological polar surface area (TPSA) is 92.0 Å². The van der Waals surface area contributed by atoms with E-state index in [-0.39, 0.29) is 17.3 Å². The predicted molar refractivity (Wildman–Crippen MR) is 113 cm³/mol. The highest BCUT2D eigenvalue weighted by atomic mass is 35.5. The number of halogens is 1. The van der Waals surface area contributed by atoms with Gasteiger partial charge >= 0.3 is 0 Å². The number of hydrogen-bond acceptors (Lipinski definition) is 4. The minimum atomic E-state index is -0.470. The molecule has 0 atom stereocenters. The average molecular weight is 418 g/mol. The van der Waals surface area contributed by atoms with E-state index in [2.05, 4.69) is 5.32 Å². The van der Waals surface area contributed by atoms with Gasteiger partial charge in [-0.25, -0.2) is 0 Å². The number of hydrogen-bond donors (Lipinski definition) is 1. The first-order valence-electron chi connectivity index (χ1n) is 9.37. The molecule has 0 saturated heterocycles. The molecule has 2 aromatic carbocycles. The van der Waals surface area contributed by atoms with E-state index in [1.54, 1.807) is 48.5 Å². The number of benzene rings is 2. The Morgan fingerprint density at radius 2 is 1.83 bits per heavy atom. The van der Waals surface area contributed by atoms with E-state index in [0.717, 1.165) is 0 Å². The molecule has 7 heteroatoms. The van der Waals surface area contributed by atoms with Crippen LogP contribution in [-0.2, 0) is 6.42 Å². The monoisotopic (exact) mass is 417 g/mol. The van der Waals surface area contributed by atoms with Gasteiger partial charge < -0.3 is 5.32 Å². The number of carbonyl (C=O) groups excluding carboxylic acids is 2. The van der Waals surface area contributed by atoms with Crippen LogP contribution in [0, 0.1) is 11.3 Å². The maximum Gasteiger partial charge on any atom is 0.273 e. The SMILES string of the molecule is N#Cc1cc2c(n(-c3ccc(C(=O)Nc4cccc(Cl)c4)cc3)c1=O)CCCC2=O. The molecule has 1 aliphatic carbocycles. The van der Waals surface area contributed by atoms with Crippen molar-refractivity contribution in [2.75, 3.05) is 5.32 Å². The van der Waals surface area contributed by atoms with Gasteiger partial charge in [0.05, 0.1) is 0 Å². The minimum Gasteiger partial charge on any atom is -0.322 e. The maximum atomic E-state index is 12.8. The molecule has 1 aromatic heterocycles. The van der Waals surface area contributed by atoms with Gasteiger partial charge in [-0.3, -0.25) is 19.0 Å². The number of nitrogens with zero attached hydrogens (tertiary/aromatic N) is 2. The number of ketones is 1. The molecule has 1 heterocycles. The maximum absolute atomic E-state index is 12.8. The van der Waals surface area contributed by atoms with Gasteiger partial charge in [-0.15, -0.1) is 0 Å². The number of amides is 1. The van der Waals surface area contributed by atoms with Crippen molar-refractivity contribution in [2.45, 2.75) is 19.3 Å². The zero-order chi connectivity index (χ0) is 21.3. The molecule has 1 amide bonds. The van der Waals surface area contributed by atoms with Gasteiger partial charge in [-0.1, -0.05) is 17.7 Å². The average Bonchev–Trinajstić information content (AvgIpc) is 2.74. The molecule has 1 N–H and O–H groups in total. The molecule has 3 aromatic rings. The lowest BCUT2D eigenvalue weighted by Gasteiger charge is -2.20. The molecule has 0 unspecified atom stereocenters. The Balaban J connectivity index is 1.70. The van der Waals surface area contributed by atoms with Crippen LogP contribution in [0.5, 0.6) is 0 Å². The van der Waals surface area contributed by atoms with Gasteiger partial charge in [0.25, 0.3) is 11.5 Å². The van der Waals surface area contributed by atoms with Crippen LogP contribution < -0.4 is 10.9 Å². The van der Waals surface area contributed by atoms with Crippen molar-refractivity contribution < 1.29 is 9.59 Å². The highest BCUT2D eigenvalue weighted by molar-refractivity contribution is 6.31. The molecule has 0 aliphatic heterocycles. The van der Waals surface area contributed by atoms with Gasteiger partial charge in [0.15, 0.2) is 5.78 Å². The molecule has 0 bridgehead atoms. The van der Waals surface area contributed by atoms with Crippen molar-refractivity contribution in [3.63, 3.8) is 0 Å². The zero-order valence-corrected chi connectivity index (χ0v) is 16.6. The van der Waals surface area contributed by atoms with Gasteiger partial charge in [0, 0.05) is 39.6 Å². The summed E-state index contributed by atoms with van der Waals surface area (Å²) >= 11 is 5.94. The first-order valence-corrected chi connectivity index (χ1v) is 9.75. The third-order valence-electron chi connectivity index (χ3n) is 5.01. The van der Waals surface area contributed by atoms with E-state index >= 15 is 0 Å².